The number of hydrogen-bond donors (Lipinski definition) is 1. The molecule has 5 nitrogen and oxygen atoms in total. The molecule has 0 saturated carbocycles. The molecule has 22 heavy (non-hydrogen) atoms. The van der Waals surface area contributed by atoms with E-state index in [2.05, 4.69) is 5.32 Å². The summed E-state index contributed by atoms with van der Waals surface area (Å²) in [5.74, 6) is -0.302. The van der Waals surface area contributed by atoms with Gasteiger partial charge in [-0.25, -0.2) is 0 Å². The van der Waals surface area contributed by atoms with Gasteiger partial charge >= 0.3 is 0 Å². The number of benzene rings is 1. The predicted octanol–water partition coefficient (Wildman–Crippen LogP) is 2.26. The van der Waals surface area contributed by atoms with Crippen LogP contribution in [0.15, 0.2) is 36.1 Å². The minimum absolute atomic E-state index is 0.0898. The van der Waals surface area contributed by atoms with Gasteiger partial charge in [-0.05, 0) is 43.5 Å². The molecule has 1 saturated heterocycles. The smallest absolute Gasteiger partial charge is 0.250 e. The molecule has 1 aromatic rings. The first-order valence-electron chi connectivity index (χ1n) is 7.33. The average Bonchev–Trinajstić information content (AvgIpc) is 2.90. The van der Waals surface area contributed by atoms with E-state index in [-0.39, 0.29) is 11.8 Å². The number of nitrogens with one attached hydrogen (secondary N) is 1. The molecule has 0 radical (unpaired) electrons. The van der Waals surface area contributed by atoms with Crippen molar-refractivity contribution in [1.82, 2.24) is 5.32 Å². The van der Waals surface area contributed by atoms with Crippen molar-refractivity contribution in [3.05, 3.63) is 41.1 Å². The van der Waals surface area contributed by atoms with E-state index in [0.29, 0.717) is 36.6 Å². The highest BCUT2D eigenvalue weighted by Crippen LogP contribution is 2.23. The molecule has 6 heteroatoms. The highest BCUT2D eigenvalue weighted by atomic mass is 35.5. The van der Waals surface area contributed by atoms with Crippen LogP contribution < -0.4 is 10.2 Å². The molecule has 1 N–H and O–H groups in total. The van der Waals surface area contributed by atoms with Crippen molar-refractivity contribution in [2.75, 3.05) is 18.1 Å². The van der Waals surface area contributed by atoms with Crippen LogP contribution in [-0.2, 0) is 14.3 Å². The summed E-state index contributed by atoms with van der Waals surface area (Å²) in [6.07, 6.45) is 3.61. The Hall–Kier alpha value is -2.01. The maximum absolute atomic E-state index is 12.4. The van der Waals surface area contributed by atoms with Crippen LogP contribution in [0.5, 0.6) is 0 Å². The minimum atomic E-state index is -0.481. The first-order valence-corrected chi connectivity index (χ1v) is 7.71. The van der Waals surface area contributed by atoms with Gasteiger partial charge < -0.3 is 15.0 Å². The van der Waals surface area contributed by atoms with Gasteiger partial charge in [0, 0.05) is 17.3 Å². The predicted molar refractivity (Wildman–Crippen MR) is 83.6 cm³/mol. The van der Waals surface area contributed by atoms with E-state index in [0.717, 1.165) is 12.1 Å². The lowest BCUT2D eigenvalue weighted by Gasteiger charge is -2.18. The fraction of sp³-hybridized carbons (Fsp3) is 0.375. The van der Waals surface area contributed by atoms with Gasteiger partial charge in [-0.1, -0.05) is 11.6 Å². The van der Waals surface area contributed by atoms with Gasteiger partial charge in [-0.3, -0.25) is 9.59 Å². The molecule has 1 atom stereocenters. The Bertz CT molecular complexity index is 612. The molecule has 3 rings (SSSR count). The van der Waals surface area contributed by atoms with E-state index in [4.69, 9.17) is 16.3 Å². The van der Waals surface area contributed by atoms with Crippen molar-refractivity contribution < 1.29 is 14.3 Å². The van der Waals surface area contributed by atoms with Crippen molar-refractivity contribution in [3.8, 4) is 0 Å². The number of ether oxygens (including phenoxy) is 1. The number of carbonyl (C=O) groups excluding carboxylic acids is 2. The molecule has 0 bridgehead atoms. The summed E-state index contributed by atoms with van der Waals surface area (Å²) in [7, 11) is 0. The normalized spacial score (nSPS) is 21.3. The zero-order chi connectivity index (χ0) is 15.5. The van der Waals surface area contributed by atoms with E-state index < -0.39 is 6.04 Å². The molecule has 0 aliphatic carbocycles. The van der Waals surface area contributed by atoms with Crippen LogP contribution in [0.3, 0.4) is 0 Å². The number of anilines is 1. The highest BCUT2D eigenvalue weighted by Gasteiger charge is 2.34. The van der Waals surface area contributed by atoms with E-state index >= 15 is 0 Å². The Morgan fingerprint density at radius 2 is 2.09 bits per heavy atom. The number of carbonyl (C=O) groups is 2. The monoisotopic (exact) mass is 320 g/mol. The second kappa shape index (κ2) is 6.40. The summed E-state index contributed by atoms with van der Waals surface area (Å²) in [5, 5.41) is 3.43. The Kier molecular flexibility index (Phi) is 4.34. The van der Waals surface area contributed by atoms with E-state index in [1.165, 1.54) is 6.26 Å². The molecule has 2 aliphatic rings. The Morgan fingerprint density at radius 1 is 1.32 bits per heavy atom. The molecule has 2 amide bonds. The molecule has 1 fully saturated rings. The number of halogens is 1. The molecular formula is C16H17ClN2O3. The van der Waals surface area contributed by atoms with Crippen LogP contribution >= 0.6 is 11.6 Å². The Morgan fingerprint density at radius 3 is 2.77 bits per heavy atom. The minimum Gasteiger partial charge on any atom is -0.501 e. The van der Waals surface area contributed by atoms with Crippen LogP contribution in [0.1, 0.15) is 19.3 Å². The molecule has 0 aromatic heterocycles. The van der Waals surface area contributed by atoms with E-state index in [1.54, 1.807) is 17.0 Å². The van der Waals surface area contributed by atoms with Crippen molar-refractivity contribution in [2.45, 2.75) is 25.3 Å². The number of rotatable bonds is 3. The van der Waals surface area contributed by atoms with Crippen molar-refractivity contribution in [2.24, 2.45) is 0 Å². The standard InChI is InChI=1S/C16H17ClN2O3/c17-12-3-5-13(6-4-12)19-8-7-14(16(19)21)18-15(20)11-2-1-9-22-10-11/h3-6,10,14H,1-2,7-9H2,(H,18,20)/t14-/m1/s1. The fourth-order valence-corrected chi connectivity index (χ4v) is 2.80. The molecule has 0 spiro atoms. The van der Waals surface area contributed by atoms with Crippen LogP contribution in [0.4, 0.5) is 5.69 Å². The SMILES string of the molecule is O=C(N[C@@H]1CCN(c2ccc(Cl)cc2)C1=O)C1=COCCC1. The summed E-state index contributed by atoms with van der Waals surface area (Å²) in [5.41, 5.74) is 1.40. The molecule has 0 unspecified atom stereocenters. The Balaban J connectivity index is 1.65. The number of amides is 2. The lowest BCUT2D eigenvalue weighted by molar-refractivity contribution is -0.124. The third kappa shape index (κ3) is 3.09. The number of hydrogen-bond acceptors (Lipinski definition) is 3. The highest BCUT2D eigenvalue weighted by molar-refractivity contribution is 6.30. The van der Waals surface area contributed by atoms with E-state index in [1.807, 2.05) is 12.1 Å². The van der Waals surface area contributed by atoms with Crippen molar-refractivity contribution in [1.29, 1.82) is 0 Å². The van der Waals surface area contributed by atoms with Gasteiger partial charge in [-0.15, -0.1) is 0 Å². The second-order valence-electron chi connectivity index (χ2n) is 5.40. The second-order valence-corrected chi connectivity index (χ2v) is 5.83. The quantitative estimate of drug-likeness (QED) is 0.929. The third-order valence-electron chi connectivity index (χ3n) is 3.87. The van der Waals surface area contributed by atoms with Crippen LogP contribution in [0.2, 0.25) is 5.02 Å². The third-order valence-corrected chi connectivity index (χ3v) is 4.13. The lowest BCUT2D eigenvalue weighted by atomic mass is 10.1. The van der Waals surface area contributed by atoms with Gasteiger partial charge in [0.2, 0.25) is 5.91 Å². The topological polar surface area (TPSA) is 58.6 Å². The average molecular weight is 321 g/mol. The summed E-state index contributed by atoms with van der Waals surface area (Å²) in [6, 6.07) is 6.63. The molecule has 2 aliphatic heterocycles. The molecular weight excluding hydrogens is 304 g/mol. The molecule has 1 aromatic carbocycles. The summed E-state index contributed by atoms with van der Waals surface area (Å²) in [4.78, 5) is 26.3. The van der Waals surface area contributed by atoms with Crippen LogP contribution in [0.25, 0.3) is 0 Å². The maximum Gasteiger partial charge on any atom is 0.250 e. The van der Waals surface area contributed by atoms with Crippen LogP contribution in [0, 0.1) is 0 Å². The largest absolute Gasteiger partial charge is 0.501 e. The Labute approximate surface area is 133 Å². The zero-order valence-electron chi connectivity index (χ0n) is 12.0. The van der Waals surface area contributed by atoms with Crippen molar-refractivity contribution >= 4 is 29.1 Å². The van der Waals surface area contributed by atoms with Gasteiger partial charge in [0.1, 0.15) is 6.04 Å². The fourth-order valence-electron chi connectivity index (χ4n) is 2.67. The van der Waals surface area contributed by atoms with Gasteiger partial charge in [0.25, 0.3) is 5.91 Å². The summed E-state index contributed by atoms with van der Waals surface area (Å²) in [6.45, 7) is 1.23. The van der Waals surface area contributed by atoms with Gasteiger partial charge in [0.15, 0.2) is 0 Å². The van der Waals surface area contributed by atoms with Gasteiger partial charge in [0.05, 0.1) is 18.4 Å². The first kappa shape index (κ1) is 14.9. The lowest BCUT2D eigenvalue weighted by Crippen LogP contribution is -2.42. The van der Waals surface area contributed by atoms with E-state index in [9.17, 15) is 9.59 Å². The van der Waals surface area contributed by atoms with Gasteiger partial charge in [-0.2, -0.15) is 0 Å². The van der Waals surface area contributed by atoms with Crippen molar-refractivity contribution in [3.63, 3.8) is 0 Å². The maximum atomic E-state index is 12.4. The first-order chi connectivity index (χ1) is 10.6. The van der Waals surface area contributed by atoms with Crippen LogP contribution in [-0.4, -0.2) is 31.0 Å². The summed E-state index contributed by atoms with van der Waals surface area (Å²) < 4.78 is 5.17. The molecule has 116 valence electrons. The zero-order valence-corrected chi connectivity index (χ0v) is 12.8. The number of nitrogens with zero attached hydrogens (tertiary/aromatic N) is 1. The summed E-state index contributed by atoms with van der Waals surface area (Å²) >= 11 is 5.86. The molecule has 2 heterocycles.